The summed E-state index contributed by atoms with van der Waals surface area (Å²) in [6.07, 6.45) is -2.93. The molecule has 146 valence electrons. The number of carbonyl (C=O) groups is 3. The quantitative estimate of drug-likeness (QED) is 0.609. The standard InChI is InChI=1S/C16H17F2N3O5S/c17-10-6-9(7-11(18)13(10)20-2-1-4-27-5-3-20)21-8-12(25-16(21)24)14(22)26-15(19)23/h6-7,12H,1-5,8H2,(H2,19,23). The molecule has 2 fully saturated rings. The predicted molar refractivity (Wildman–Crippen MR) is 93.8 cm³/mol. The van der Waals surface area contributed by atoms with Crippen molar-refractivity contribution in [3.63, 3.8) is 0 Å². The van der Waals surface area contributed by atoms with Gasteiger partial charge in [0.1, 0.15) is 5.69 Å². The van der Waals surface area contributed by atoms with Crippen LogP contribution in [0.2, 0.25) is 0 Å². The lowest BCUT2D eigenvalue weighted by atomic mass is 10.2. The molecule has 8 nitrogen and oxygen atoms in total. The summed E-state index contributed by atoms with van der Waals surface area (Å²) in [5, 5.41) is 0. The molecule has 0 spiro atoms. The molecule has 0 saturated carbocycles. The van der Waals surface area contributed by atoms with Crippen LogP contribution in [0.3, 0.4) is 0 Å². The lowest BCUT2D eigenvalue weighted by Gasteiger charge is -2.24. The van der Waals surface area contributed by atoms with Crippen molar-refractivity contribution in [1.29, 1.82) is 0 Å². The van der Waals surface area contributed by atoms with Crippen LogP contribution in [0.5, 0.6) is 0 Å². The van der Waals surface area contributed by atoms with Gasteiger partial charge in [-0.25, -0.2) is 23.2 Å². The summed E-state index contributed by atoms with van der Waals surface area (Å²) in [6.45, 7) is 0.696. The van der Waals surface area contributed by atoms with E-state index in [-0.39, 0.29) is 17.9 Å². The summed E-state index contributed by atoms with van der Waals surface area (Å²) >= 11 is 1.72. The Morgan fingerprint density at radius 1 is 1.22 bits per heavy atom. The van der Waals surface area contributed by atoms with Crippen LogP contribution < -0.4 is 15.5 Å². The van der Waals surface area contributed by atoms with Crippen LogP contribution in [0.4, 0.5) is 29.7 Å². The highest BCUT2D eigenvalue weighted by atomic mass is 32.2. The topological polar surface area (TPSA) is 102 Å². The Morgan fingerprint density at radius 2 is 1.93 bits per heavy atom. The van der Waals surface area contributed by atoms with E-state index in [1.165, 1.54) is 0 Å². The van der Waals surface area contributed by atoms with Crippen molar-refractivity contribution in [2.75, 3.05) is 40.9 Å². The first-order chi connectivity index (χ1) is 12.9. The van der Waals surface area contributed by atoms with Crippen molar-refractivity contribution in [3.05, 3.63) is 23.8 Å². The predicted octanol–water partition coefficient (Wildman–Crippen LogP) is 1.86. The van der Waals surface area contributed by atoms with Gasteiger partial charge in [-0.05, 0) is 12.2 Å². The molecular weight excluding hydrogens is 384 g/mol. The fourth-order valence-electron chi connectivity index (χ4n) is 2.94. The molecule has 2 aliphatic heterocycles. The van der Waals surface area contributed by atoms with Gasteiger partial charge in [0.2, 0.25) is 6.10 Å². The normalized spacial score (nSPS) is 20.2. The van der Waals surface area contributed by atoms with Gasteiger partial charge in [0.25, 0.3) is 0 Å². The molecule has 1 atom stereocenters. The van der Waals surface area contributed by atoms with Gasteiger partial charge in [0.15, 0.2) is 11.6 Å². The van der Waals surface area contributed by atoms with E-state index in [0.29, 0.717) is 13.1 Å². The van der Waals surface area contributed by atoms with Gasteiger partial charge in [0, 0.05) is 31.0 Å². The van der Waals surface area contributed by atoms with Gasteiger partial charge in [-0.15, -0.1) is 0 Å². The second kappa shape index (κ2) is 7.99. The monoisotopic (exact) mass is 401 g/mol. The largest absolute Gasteiger partial charge is 0.432 e. The number of nitrogens with two attached hydrogens (primary N) is 1. The van der Waals surface area contributed by atoms with Crippen LogP contribution in [0.25, 0.3) is 0 Å². The zero-order valence-corrected chi connectivity index (χ0v) is 15.0. The highest BCUT2D eigenvalue weighted by Gasteiger charge is 2.39. The Morgan fingerprint density at radius 3 is 2.59 bits per heavy atom. The first-order valence-corrected chi connectivity index (χ1v) is 9.33. The first-order valence-electron chi connectivity index (χ1n) is 8.18. The van der Waals surface area contributed by atoms with Crippen LogP contribution >= 0.6 is 11.8 Å². The highest BCUT2D eigenvalue weighted by Crippen LogP contribution is 2.32. The number of benzene rings is 1. The molecule has 2 aliphatic rings. The molecule has 1 unspecified atom stereocenters. The van der Waals surface area contributed by atoms with Crippen molar-refractivity contribution in [3.8, 4) is 0 Å². The molecule has 27 heavy (non-hydrogen) atoms. The molecule has 2 N–H and O–H groups in total. The minimum Gasteiger partial charge on any atom is -0.432 e. The van der Waals surface area contributed by atoms with E-state index in [1.807, 2.05) is 0 Å². The van der Waals surface area contributed by atoms with Crippen LogP contribution in [0, 0.1) is 11.6 Å². The van der Waals surface area contributed by atoms with Crippen molar-refractivity contribution in [1.82, 2.24) is 0 Å². The number of hydrogen-bond acceptors (Lipinski definition) is 7. The van der Waals surface area contributed by atoms with Gasteiger partial charge < -0.3 is 20.1 Å². The molecular formula is C16H17F2N3O5S. The number of ether oxygens (including phenoxy) is 2. The Hall–Kier alpha value is -2.56. The maximum Gasteiger partial charge on any atom is 0.415 e. The number of cyclic esters (lactones) is 1. The van der Waals surface area contributed by atoms with E-state index in [4.69, 9.17) is 10.5 Å². The molecule has 11 heteroatoms. The molecule has 0 aromatic heterocycles. The van der Waals surface area contributed by atoms with Crippen LogP contribution in [0.1, 0.15) is 6.42 Å². The third-order valence-corrected chi connectivity index (χ3v) is 5.18. The zero-order valence-electron chi connectivity index (χ0n) is 14.2. The second-order valence-corrected chi connectivity index (χ2v) is 7.16. The third kappa shape index (κ3) is 4.24. The minimum absolute atomic E-state index is 0.0997. The van der Waals surface area contributed by atoms with E-state index in [0.717, 1.165) is 35.0 Å². The Bertz CT molecular complexity index is 747. The number of rotatable bonds is 3. The van der Waals surface area contributed by atoms with Crippen molar-refractivity contribution in [2.24, 2.45) is 5.73 Å². The lowest BCUT2D eigenvalue weighted by molar-refractivity contribution is -0.144. The maximum atomic E-state index is 14.6. The lowest BCUT2D eigenvalue weighted by Crippen LogP contribution is -2.32. The zero-order chi connectivity index (χ0) is 19.6. The van der Waals surface area contributed by atoms with Crippen molar-refractivity contribution in [2.45, 2.75) is 12.5 Å². The Labute approximate surface area is 157 Å². The Kier molecular flexibility index (Phi) is 5.68. The van der Waals surface area contributed by atoms with Crippen LogP contribution in [-0.2, 0) is 14.3 Å². The number of amides is 2. The third-order valence-electron chi connectivity index (χ3n) is 4.13. The van der Waals surface area contributed by atoms with Crippen LogP contribution in [-0.4, -0.2) is 55.4 Å². The summed E-state index contributed by atoms with van der Waals surface area (Å²) in [4.78, 5) is 36.7. The molecule has 1 aromatic carbocycles. The number of anilines is 2. The molecule has 3 rings (SSSR count). The number of nitrogens with zero attached hydrogens (tertiary/aromatic N) is 2. The first kappa shape index (κ1) is 19.2. The average molecular weight is 401 g/mol. The van der Waals surface area contributed by atoms with Gasteiger partial charge >= 0.3 is 18.2 Å². The number of esters is 1. The van der Waals surface area contributed by atoms with E-state index in [1.54, 1.807) is 16.7 Å². The van der Waals surface area contributed by atoms with Crippen molar-refractivity contribution >= 4 is 41.3 Å². The molecule has 2 saturated heterocycles. The van der Waals surface area contributed by atoms with Gasteiger partial charge in [-0.3, -0.25) is 4.90 Å². The number of carbonyl (C=O) groups excluding carboxylic acids is 3. The van der Waals surface area contributed by atoms with Crippen molar-refractivity contribution < 1.29 is 32.6 Å². The summed E-state index contributed by atoms with van der Waals surface area (Å²) in [5.74, 6) is -1.08. The summed E-state index contributed by atoms with van der Waals surface area (Å²) in [6, 6.07) is 2.03. The highest BCUT2D eigenvalue weighted by molar-refractivity contribution is 7.99. The summed E-state index contributed by atoms with van der Waals surface area (Å²) < 4.78 is 38.2. The van der Waals surface area contributed by atoms with Gasteiger partial charge in [0.05, 0.1) is 12.2 Å². The number of hydrogen-bond donors (Lipinski definition) is 1. The fraction of sp³-hybridized carbons (Fsp3) is 0.438. The maximum absolute atomic E-state index is 14.6. The number of halogens is 2. The Balaban J connectivity index is 1.80. The van der Waals surface area contributed by atoms with E-state index < -0.39 is 35.9 Å². The summed E-state index contributed by atoms with van der Waals surface area (Å²) in [7, 11) is 0. The van der Waals surface area contributed by atoms with Gasteiger partial charge in [-0.2, -0.15) is 11.8 Å². The number of thioether (sulfide) groups is 1. The number of primary amides is 1. The van der Waals surface area contributed by atoms with E-state index in [9.17, 15) is 23.2 Å². The SMILES string of the molecule is NC(=O)OC(=O)C1CN(c2cc(F)c(N3CCCSCC3)c(F)c2)C(=O)O1. The molecule has 0 bridgehead atoms. The second-order valence-electron chi connectivity index (χ2n) is 5.93. The van der Waals surface area contributed by atoms with E-state index in [2.05, 4.69) is 4.74 Å². The van der Waals surface area contributed by atoms with E-state index >= 15 is 0 Å². The smallest absolute Gasteiger partial charge is 0.415 e. The van der Waals surface area contributed by atoms with Gasteiger partial charge in [-0.1, -0.05) is 0 Å². The molecule has 0 aliphatic carbocycles. The van der Waals surface area contributed by atoms with Crippen LogP contribution in [0.15, 0.2) is 12.1 Å². The fourth-order valence-corrected chi connectivity index (χ4v) is 3.83. The molecule has 2 amide bonds. The molecule has 1 aromatic rings. The minimum atomic E-state index is -1.42. The molecule has 0 radical (unpaired) electrons. The molecule has 2 heterocycles. The summed E-state index contributed by atoms with van der Waals surface area (Å²) in [5.41, 5.74) is 4.50. The average Bonchev–Trinajstić information content (AvgIpc) is 2.79.